The first kappa shape index (κ1) is 19.0. The van der Waals surface area contributed by atoms with E-state index in [1.165, 1.54) is 5.56 Å². The molecule has 0 spiro atoms. The van der Waals surface area contributed by atoms with Crippen molar-refractivity contribution < 1.29 is 14.0 Å². The van der Waals surface area contributed by atoms with Crippen LogP contribution in [0.1, 0.15) is 42.6 Å². The van der Waals surface area contributed by atoms with Crippen molar-refractivity contribution >= 4 is 23.6 Å². The van der Waals surface area contributed by atoms with Gasteiger partial charge in [0.2, 0.25) is 11.8 Å². The largest absolute Gasteiger partial charge is 0.414 e. The van der Waals surface area contributed by atoms with Crippen molar-refractivity contribution in [2.45, 2.75) is 38.0 Å². The maximum Gasteiger partial charge on any atom is 0.277 e. The molecule has 0 radical (unpaired) electrons. The fraction of sp³-hybridized carbons (Fsp3) is 0.412. The van der Waals surface area contributed by atoms with Gasteiger partial charge in [0.05, 0.1) is 12.3 Å². The van der Waals surface area contributed by atoms with E-state index in [1.54, 1.807) is 19.2 Å². The third-order valence-corrected chi connectivity index (χ3v) is 4.29. The van der Waals surface area contributed by atoms with Crippen LogP contribution in [0.3, 0.4) is 0 Å². The fourth-order valence-electron chi connectivity index (χ4n) is 1.95. The van der Waals surface area contributed by atoms with Gasteiger partial charge < -0.3 is 15.1 Å². The predicted octanol–water partition coefficient (Wildman–Crippen LogP) is 2.14. The molecule has 0 fully saturated rings. The lowest BCUT2D eigenvalue weighted by Gasteiger charge is -2.18. The summed E-state index contributed by atoms with van der Waals surface area (Å²) in [5.74, 6) is 0.152. The van der Waals surface area contributed by atoms with Gasteiger partial charge in [0.15, 0.2) is 0 Å². The van der Waals surface area contributed by atoms with Crippen molar-refractivity contribution in [3.05, 3.63) is 41.3 Å². The number of thioether (sulfide) groups is 1. The Bertz CT molecular complexity index is 735. The smallest absolute Gasteiger partial charge is 0.277 e. The number of aromatic nitrogens is 2. The summed E-state index contributed by atoms with van der Waals surface area (Å²) in [6.45, 7) is 6.50. The highest BCUT2D eigenvalue weighted by Gasteiger charge is 2.15. The maximum absolute atomic E-state index is 12.2. The van der Waals surface area contributed by atoms with Crippen LogP contribution in [0.25, 0.3) is 0 Å². The standard InChI is InChI=1S/C17H22N4O3S/c1-17(2,3)12-7-5-11(6-8-12)15(23)19-9-14-20-21-16(24-14)25-10-13(22)18-4/h5-8H,9-10H2,1-4H3,(H,18,22)(H,19,23). The average molecular weight is 362 g/mol. The quantitative estimate of drug-likeness (QED) is 0.764. The zero-order chi connectivity index (χ0) is 18.4. The normalized spacial score (nSPS) is 11.2. The highest BCUT2D eigenvalue weighted by atomic mass is 32.2. The summed E-state index contributed by atoms with van der Waals surface area (Å²) >= 11 is 1.14. The fourth-order valence-corrected chi connectivity index (χ4v) is 2.60. The number of hydrogen-bond acceptors (Lipinski definition) is 6. The Morgan fingerprint density at radius 1 is 1.16 bits per heavy atom. The summed E-state index contributed by atoms with van der Waals surface area (Å²) < 4.78 is 5.37. The second-order valence-electron chi connectivity index (χ2n) is 6.43. The Labute approximate surface area is 151 Å². The molecule has 0 aliphatic heterocycles. The Balaban J connectivity index is 1.87. The first-order valence-electron chi connectivity index (χ1n) is 7.84. The number of rotatable bonds is 6. The lowest BCUT2D eigenvalue weighted by molar-refractivity contribution is -0.118. The van der Waals surface area contributed by atoms with Crippen molar-refractivity contribution in [1.29, 1.82) is 0 Å². The molecule has 25 heavy (non-hydrogen) atoms. The van der Waals surface area contributed by atoms with Crippen molar-refractivity contribution in [1.82, 2.24) is 20.8 Å². The van der Waals surface area contributed by atoms with E-state index in [9.17, 15) is 9.59 Å². The summed E-state index contributed by atoms with van der Waals surface area (Å²) in [5.41, 5.74) is 1.78. The minimum atomic E-state index is -0.210. The number of amides is 2. The molecule has 0 aliphatic carbocycles. The summed E-state index contributed by atoms with van der Waals surface area (Å²) in [6.07, 6.45) is 0. The zero-order valence-electron chi connectivity index (χ0n) is 14.8. The Morgan fingerprint density at radius 2 is 1.84 bits per heavy atom. The van der Waals surface area contributed by atoms with E-state index in [0.29, 0.717) is 16.7 Å². The van der Waals surface area contributed by atoms with Gasteiger partial charge in [-0.05, 0) is 23.1 Å². The third kappa shape index (κ3) is 5.60. The van der Waals surface area contributed by atoms with Gasteiger partial charge >= 0.3 is 0 Å². The molecule has 0 aliphatic rings. The number of carbonyl (C=O) groups excluding carboxylic acids is 2. The summed E-state index contributed by atoms with van der Waals surface area (Å²) in [5, 5.41) is 13.2. The highest BCUT2D eigenvalue weighted by Crippen LogP contribution is 2.22. The van der Waals surface area contributed by atoms with Crippen LogP contribution in [0.2, 0.25) is 0 Å². The van der Waals surface area contributed by atoms with Gasteiger partial charge in [-0.25, -0.2) is 0 Å². The maximum atomic E-state index is 12.2. The van der Waals surface area contributed by atoms with E-state index in [-0.39, 0.29) is 29.5 Å². The molecule has 2 amide bonds. The zero-order valence-corrected chi connectivity index (χ0v) is 15.6. The molecule has 1 aromatic carbocycles. The second kappa shape index (κ2) is 8.15. The van der Waals surface area contributed by atoms with Crippen LogP contribution in [0.5, 0.6) is 0 Å². The molecular weight excluding hydrogens is 340 g/mol. The molecule has 2 aromatic rings. The van der Waals surface area contributed by atoms with Crippen molar-refractivity contribution in [2.24, 2.45) is 0 Å². The van der Waals surface area contributed by atoms with Crippen LogP contribution < -0.4 is 10.6 Å². The first-order valence-corrected chi connectivity index (χ1v) is 8.82. The lowest BCUT2D eigenvalue weighted by Crippen LogP contribution is -2.23. The van der Waals surface area contributed by atoms with E-state index in [1.807, 2.05) is 12.1 Å². The molecule has 2 rings (SSSR count). The van der Waals surface area contributed by atoms with E-state index in [0.717, 1.165) is 11.8 Å². The van der Waals surface area contributed by atoms with Crippen LogP contribution in [-0.2, 0) is 16.8 Å². The van der Waals surface area contributed by atoms with Gasteiger partial charge in [0.1, 0.15) is 0 Å². The molecular formula is C17H22N4O3S. The van der Waals surface area contributed by atoms with Crippen LogP contribution in [0.15, 0.2) is 33.9 Å². The van der Waals surface area contributed by atoms with Gasteiger partial charge in [-0.3, -0.25) is 9.59 Å². The van der Waals surface area contributed by atoms with Gasteiger partial charge in [-0.15, -0.1) is 10.2 Å². The van der Waals surface area contributed by atoms with Crippen LogP contribution >= 0.6 is 11.8 Å². The highest BCUT2D eigenvalue weighted by molar-refractivity contribution is 7.99. The Hall–Kier alpha value is -2.35. The molecule has 0 saturated heterocycles. The van der Waals surface area contributed by atoms with Gasteiger partial charge in [-0.2, -0.15) is 0 Å². The van der Waals surface area contributed by atoms with Crippen molar-refractivity contribution in [3.63, 3.8) is 0 Å². The van der Waals surface area contributed by atoms with Gasteiger partial charge in [-0.1, -0.05) is 44.7 Å². The van der Waals surface area contributed by atoms with Gasteiger partial charge in [0.25, 0.3) is 11.1 Å². The van der Waals surface area contributed by atoms with E-state index >= 15 is 0 Å². The van der Waals surface area contributed by atoms with Crippen molar-refractivity contribution in [3.8, 4) is 0 Å². The molecule has 0 bridgehead atoms. The minimum Gasteiger partial charge on any atom is -0.414 e. The van der Waals surface area contributed by atoms with E-state index in [2.05, 4.69) is 41.6 Å². The monoisotopic (exact) mass is 362 g/mol. The molecule has 1 heterocycles. The average Bonchev–Trinajstić information content (AvgIpc) is 3.04. The predicted molar refractivity (Wildman–Crippen MR) is 95.4 cm³/mol. The number of nitrogens with zero attached hydrogens (tertiary/aromatic N) is 2. The molecule has 8 heteroatoms. The topological polar surface area (TPSA) is 97.1 Å². The van der Waals surface area contributed by atoms with Crippen molar-refractivity contribution in [2.75, 3.05) is 12.8 Å². The Morgan fingerprint density at radius 3 is 2.44 bits per heavy atom. The molecule has 0 saturated carbocycles. The molecule has 134 valence electrons. The number of hydrogen-bond donors (Lipinski definition) is 2. The van der Waals surface area contributed by atoms with E-state index in [4.69, 9.17) is 4.42 Å². The van der Waals surface area contributed by atoms with E-state index < -0.39 is 0 Å². The SMILES string of the molecule is CNC(=O)CSc1nnc(CNC(=O)c2ccc(C(C)(C)C)cc2)o1. The van der Waals surface area contributed by atoms with Crippen LogP contribution in [0, 0.1) is 0 Å². The second-order valence-corrected chi connectivity index (χ2v) is 7.36. The minimum absolute atomic E-state index is 0.0432. The molecule has 2 N–H and O–H groups in total. The summed E-state index contributed by atoms with van der Waals surface area (Å²) in [7, 11) is 1.56. The number of benzene rings is 1. The molecule has 0 unspecified atom stereocenters. The summed E-state index contributed by atoms with van der Waals surface area (Å²) in [6, 6.07) is 7.51. The molecule has 0 atom stereocenters. The lowest BCUT2D eigenvalue weighted by atomic mass is 9.87. The third-order valence-electron chi connectivity index (χ3n) is 3.47. The summed E-state index contributed by atoms with van der Waals surface area (Å²) in [4.78, 5) is 23.4. The first-order chi connectivity index (χ1) is 11.8. The number of carbonyl (C=O) groups is 2. The molecule has 1 aromatic heterocycles. The molecule has 7 nitrogen and oxygen atoms in total. The van der Waals surface area contributed by atoms with Crippen LogP contribution in [0.4, 0.5) is 0 Å². The Kier molecular flexibility index (Phi) is 6.19. The van der Waals surface area contributed by atoms with Gasteiger partial charge in [0, 0.05) is 12.6 Å². The number of nitrogens with one attached hydrogen (secondary N) is 2. The van der Waals surface area contributed by atoms with Crippen LogP contribution in [-0.4, -0.2) is 34.8 Å².